The third kappa shape index (κ3) is 2.40. The molecule has 15 heavy (non-hydrogen) atoms. The van der Waals surface area contributed by atoms with Crippen molar-refractivity contribution in [1.29, 1.82) is 0 Å². The molecular weight excluding hydrogens is 194 g/mol. The van der Waals surface area contributed by atoms with Gasteiger partial charge in [-0.15, -0.1) is 0 Å². The molecular formula is C11H15NO3. The summed E-state index contributed by atoms with van der Waals surface area (Å²) in [5.74, 6) is -0.630. The first-order valence-corrected chi connectivity index (χ1v) is 4.91. The zero-order valence-electron chi connectivity index (χ0n) is 8.90. The summed E-state index contributed by atoms with van der Waals surface area (Å²) in [4.78, 5) is 13.4. The van der Waals surface area contributed by atoms with E-state index in [4.69, 9.17) is 5.11 Å². The fraction of sp³-hybridized carbons (Fsp3) is 0.364. The number of benzene rings is 1. The van der Waals surface area contributed by atoms with Crippen molar-refractivity contribution in [3.05, 3.63) is 23.8 Å². The summed E-state index contributed by atoms with van der Waals surface area (Å²) in [7, 11) is 0. The van der Waals surface area contributed by atoms with Gasteiger partial charge in [-0.3, -0.25) is 4.79 Å². The molecule has 1 amide bonds. The molecule has 0 spiro atoms. The van der Waals surface area contributed by atoms with E-state index >= 15 is 0 Å². The molecule has 0 bridgehead atoms. The van der Waals surface area contributed by atoms with Gasteiger partial charge in [0.05, 0.1) is 0 Å². The highest BCUT2D eigenvalue weighted by molar-refractivity contribution is 5.94. The number of rotatable bonds is 3. The molecule has 2 N–H and O–H groups in total. The van der Waals surface area contributed by atoms with Crippen LogP contribution in [0.4, 0.5) is 0 Å². The summed E-state index contributed by atoms with van der Waals surface area (Å²) in [6.45, 7) is 5.03. The lowest BCUT2D eigenvalue weighted by Crippen LogP contribution is -2.30. The second kappa shape index (κ2) is 4.68. The Morgan fingerprint density at radius 2 is 1.80 bits per heavy atom. The normalized spacial score (nSPS) is 10.0. The highest BCUT2D eigenvalue weighted by atomic mass is 16.3. The SMILES string of the molecule is CCN(CC)C(=O)c1ccc(O)c(O)c1. The van der Waals surface area contributed by atoms with Gasteiger partial charge in [-0.25, -0.2) is 0 Å². The van der Waals surface area contributed by atoms with Gasteiger partial charge in [-0.05, 0) is 32.0 Å². The molecule has 4 heteroatoms. The molecule has 1 aromatic carbocycles. The first-order chi connectivity index (χ1) is 7.10. The largest absolute Gasteiger partial charge is 0.504 e. The minimum atomic E-state index is -0.270. The lowest BCUT2D eigenvalue weighted by molar-refractivity contribution is 0.0772. The molecule has 0 atom stereocenters. The number of hydrogen-bond acceptors (Lipinski definition) is 3. The third-order valence-electron chi connectivity index (χ3n) is 2.27. The first-order valence-electron chi connectivity index (χ1n) is 4.91. The Labute approximate surface area is 88.8 Å². The lowest BCUT2D eigenvalue weighted by atomic mass is 10.1. The van der Waals surface area contributed by atoms with Crippen LogP contribution in [0.2, 0.25) is 0 Å². The van der Waals surface area contributed by atoms with Crippen LogP contribution in [0.5, 0.6) is 11.5 Å². The highest BCUT2D eigenvalue weighted by Gasteiger charge is 2.13. The van der Waals surface area contributed by atoms with Crippen LogP contribution in [0.1, 0.15) is 24.2 Å². The van der Waals surface area contributed by atoms with Crippen LogP contribution in [-0.2, 0) is 0 Å². The van der Waals surface area contributed by atoms with Crippen LogP contribution < -0.4 is 0 Å². The van der Waals surface area contributed by atoms with E-state index in [0.29, 0.717) is 18.7 Å². The molecule has 0 unspecified atom stereocenters. The summed E-state index contributed by atoms with van der Waals surface area (Å²) >= 11 is 0. The van der Waals surface area contributed by atoms with E-state index in [1.165, 1.54) is 18.2 Å². The molecule has 82 valence electrons. The van der Waals surface area contributed by atoms with E-state index < -0.39 is 0 Å². The first kappa shape index (κ1) is 11.4. The Hall–Kier alpha value is -1.71. The lowest BCUT2D eigenvalue weighted by Gasteiger charge is -2.18. The number of hydrogen-bond donors (Lipinski definition) is 2. The van der Waals surface area contributed by atoms with Gasteiger partial charge in [-0.2, -0.15) is 0 Å². The molecule has 0 aliphatic rings. The van der Waals surface area contributed by atoms with Crippen molar-refractivity contribution in [2.45, 2.75) is 13.8 Å². The van der Waals surface area contributed by atoms with E-state index in [2.05, 4.69) is 0 Å². The molecule has 4 nitrogen and oxygen atoms in total. The summed E-state index contributed by atoms with van der Waals surface area (Å²) in [6, 6.07) is 4.08. The fourth-order valence-corrected chi connectivity index (χ4v) is 1.35. The number of amides is 1. The number of carbonyl (C=O) groups excluding carboxylic acids is 1. The van der Waals surface area contributed by atoms with Gasteiger partial charge >= 0.3 is 0 Å². The molecule has 0 saturated carbocycles. The predicted octanol–water partition coefficient (Wildman–Crippen LogP) is 1.58. The molecule has 0 fully saturated rings. The summed E-state index contributed by atoms with van der Waals surface area (Å²) < 4.78 is 0. The molecule has 0 aromatic heterocycles. The van der Waals surface area contributed by atoms with Crippen LogP contribution in [0.3, 0.4) is 0 Å². The molecule has 0 saturated heterocycles. The highest BCUT2D eigenvalue weighted by Crippen LogP contribution is 2.25. The Balaban J connectivity index is 2.96. The molecule has 0 aliphatic carbocycles. The standard InChI is InChI=1S/C11H15NO3/c1-3-12(4-2)11(15)8-5-6-9(13)10(14)7-8/h5-7,13-14H,3-4H2,1-2H3. The van der Waals surface area contributed by atoms with Gasteiger partial charge in [0.1, 0.15) is 0 Å². The van der Waals surface area contributed by atoms with Crippen molar-refractivity contribution in [1.82, 2.24) is 4.90 Å². The third-order valence-corrected chi connectivity index (χ3v) is 2.27. The maximum absolute atomic E-state index is 11.8. The van der Waals surface area contributed by atoms with E-state index in [-0.39, 0.29) is 17.4 Å². The zero-order valence-corrected chi connectivity index (χ0v) is 8.90. The van der Waals surface area contributed by atoms with Crippen molar-refractivity contribution in [3.8, 4) is 11.5 Å². The van der Waals surface area contributed by atoms with E-state index in [0.717, 1.165) is 0 Å². The second-order valence-corrected chi connectivity index (χ2v) is 3.18. The van der Waals surface area contributed by atoms with Gasteiger partial charge in [0.25, 0.3) is 5.91 Å². The van der Waals surface area contributed by atoms with Gasteiger partial charge in [0.2, 0.25) is 0 Å². The maximum Gasteiger partial charge on any atom is 0.253 e. The molecule has 1 aromatic rings. The van der Waals surface area contributed by atoms with Crippen molar-refractivity contribution < 1.29 is 15.0 Å². The van der Waals surface area contributed by atoms with Crippen LogP contribution in [0.25, 0.3) is 0 Å². The minimum absolute atomic E-state index is 0.143. The number of aromatic hydroxyl groups is 2. The zero-order chi connectivity index (χ0) is 11.4. The van der Waals surface area contributed by atoms with Crippen LogP contribution >= 0.6 is 0 Å². The number of carbonyl (C=O) groups is 1. The minimum Gasteiger partial charge on any atom is -0.504 e. The number of phenols is 2. The smallest absolute Gasteiger partial charge is 0.253 e. The summed E-state index contributed by atoms with van der Waals surface area (Å²) in [6.07, 6.45) is 0. The Kier molecular flexibility index (Phi) is 3.55. The van der Waals surface area contributed by atoms with Crippen molar-refractivity contribution in [3.63, 3.8) is 0 Å². The van der Waals surface area contributed by atoms with Gasteiger partial charge in [0.15, 0.2) is 11.5 Å². The van der Waals surface area contributed by atoms with E-state index in [1.807, 2.05) is 13.8 Å². The van der Waals surface area contributed by atoms with Crippen LogP contribution in [0, 0.1) is 0 Å². The predicted molar refractivity (Wildman–Crippen MR) is 57.0 cm³/mol. The quantitative estimate of drug-likeness (QED) is 0.743. The van der Waals surface area contributed by atoms with Gasteiger partial charge in [-0.1, -0.05) is 0 Å². The Morgan fingerprint density at radius 3 is 2.27 bits per heavy atom. The monoisotopic (exact) mass is 209 g/mol. The number of phenolic OH excluding ortho intramolecular Hbond substituents is 2. The van der Waals surface area contributed by atoms with Crippen molar-refractivity contribution >= 4 is 5.91 Å². The van der Waals surface area contributed by atoms with Crippen LogP contribution in [-0.4, -0.2) is 34.1 Å². The topological polar surface area (TPSA) is 60.8 Å². The van der Waals surface area contributed by atoms with Crippen molar-refractivity contribution in [2.24, 2.45) is 0 Å². The Bertz CT molecular complexity index is 359. The van der Waals surface area contributed by atoms with Crippen LogP contribution in [0.15, 0.2) is 18.2 Å². The average molecular weight is 209 g/mol. The fourth-order valence-electron chi connectivity index (χ4n) is 1.35. The number of nitrogens with zero attached hydrogens (tertiary/aromatic N) is 1. The van der Waals surface area contributed by atoms with E-state index in [1.54, 1.807) is 4.90 Å². The molecule has 0 heterocycles. The summed E-state index contributed by atoms with van der Waals surface area (Å²) in [5.41, 5.74) is 0.383. The van der Waals surface area contributed by atoms with E-state index in [9.17, 15) is 9.90 Å². The van der Waals surface area contributed by atoms with Crippen molar-refractivity contribution in [2.75, 3.05) is 13.1 Å². The molecule has 0 aliphatic heterocycles. The second-order valence-electron chi connectivity index (χ2n) is 3.18. The molecule has 1 rings (SSSR count). The maximum atomic E-state index is 11.8. The summed E-state index contributed by atoms with van der Waals surface area (Å²) in [5, 5.41) is 18.4. The molecule has 0 radical (unpaired) electrons. The van der Waals surface area contributed by atoms with Gasteiger partial charge in [0, 0.05) is 18.7 Å². The van der Waals surface area contributed by atoms with Gasteiger partial charge < -0.3 is 15.1 Å². The Morgan fingerprint density at radius 1 is 1.20 bits per heavy atom. The average Bonchev–Trinajstić information content (AvgIpc) is 2.23.